The third kappa shape index (κ3) is 5.05. The lowest BCUT2D eigenvalue weighted by Crippen LogP contribution is -2.17. The van der Waals surface area contributed by atoms with E-state index in [1.54, 1.807) is 0 Å². The minimum absolute atomic E-state index is 0.185. The maximum atomic E-state index is 10.5. The molecule has 0 aromatic rings. The van der Waals surface area contributed by atoms with Crippen molar-refractivity contribution < 1.29 is 18.5 Å². The molecule has 0 aliphatic carbocycles. The average molecular weight is 186 g/mol. The zero-order valence-electron chi connectivity index (χ0n) is 5.20. The molecule has 0 spiro atoms. The molecule has 0 unspecified atom stereocenters. The van der Waals surface area contributed by atoms with Crippen LogP contribution < -0.4 is 0 Å². The summed E-state index contributed by atoms with van der Waals surface area (Å²) in [7, 11) is -4.84. The van der Waals surface area contributed by atoms with E-state index in [1.165, 1.54) is 0 Å². The van der Waals surface area contributed by atoms with Gasteiger partial charge in [0.15, 0.2) is 9.84 Å². The van der Waals surface area contributed by atoms with Crippen molar-refractivity contribution in [3.8, 4) is 0 Å². The molecule has 0 saturated heterocycles. The number of alkyl halides is 1. The van der Waals surface area contributed by atoms with Crippen molar-refractivity contribution in [1.82, 2.24) is 0 Å². The predicted octanol–water partition coefficient (Wildman–Crippen LogP) is -0.930. The summed E-state index contributed by atoms with van der Waals surface area (Å²) < 4.78 is 21.1. The Kier molecular flexibility index (Phi) is 4.27. The number of rotatable bonds is 4. The van der Waals surface area contributed by atoms with Gasteiger partial charge in [0.1, 0.15) is 5.21 Å². The summed E-state index contributed by atoms with van der Waals surface area (Å²) in [5.74, 6) is -0.284. The van der Waals surface area contributed by atoms with Gasteiger partial charge in [-0.2, -0.15) is 0 Å². The van der Waals surface area contributed by atoms with Crippen molar-refractivity contribution in [1.29, 1.82) is 0 Å². The summed E-state index contributed by atoms with van der Waals surface area (Å²) in [6, 6.07) is 0. The minimum atomic E-state index is -3.27. The van der Waals surface area contributed by atoms with Crippen LogP contribution >= 0.6 is 11.6 Å². The monoisotopic (exact) mass is 186 g/mol. The quantitative estimate of drug-likeness (QED) is 0.439. The molecule has 0 bridgehead atoms. The minimum Gasteiger partial charge on any atom is -0.427 e. The highest BCUT2D eigenvalue weighted by molar-refractivity contribution is 7.92. The van der Waals surface area contributed by atoms with Crippen LogP contribution in [0.4, 0.5) is 0 Å². The average Bonchev–Trinajstić information content (AvgIpc) is 1.85. The molecule has 0 aliphatic heterocycles. The molecular formula is C3H8BClO4S. The van der Waals surface area contributed by atoms with Crippen LogP contribution in [-0.2, 0) is 9.84 Å². The van der Waals surface area contributed by atoms with Crippen LogP contribution in [0.2, 0.25) is 6.32 Å². The Labute approximate surface area is 64.9 Å². The molecule has 0 saturated carbocycles. The molecule has 7 heteroatoms. The molecule has 0 atom stereocenters. The van der Waals surface area contributed by atoms with E-state index >= 15 is 0 Å². The second-order valence-corrected chi connectivity index (χ2v) is 4.59. The highest BCUT2D eigenvalue weighted by Crippen LogP contribution is 1.97. The second-order valence-electron chi connectivity index (χ2n) is 1.83. The van der Waals surface area contributed by atoms with Crippen LogP contribution in [0, 0.1) is 0 Å². The molecule has 0 rings (SSSR count). The fraction of sp³-hybridized carbons (Fsp3) is 1.00. The lowest BCUT2D eigenvalue weighted by atomic mass is 9.88. The Morgan fingerprint density at radius 3 is 2.20 bits per heavy atom. The van der Waals surface area contributed by atoms with E-state index in [0.29, 0.717) is 0 Å². The third-order valence-corrected chi connectivity index (χ3v) is 3.04. The van der Waals surface area contributed by atoms with Crippen LogP contribution in [0.25, 0.3) is 0 Å². The van der Waals surface area contributed by atoms with Crippen molar-refractivity contribution in [3.05, 3.63) is 0 Å². The zero-order valence-corrected chi connectivity index (χ0v) is 6.77. The maximum absolute atomic E-state index is 10.5. The molecule has 10 heavy (non-hydrogen) atoms. The first kappa shape index (κ1) is 10.2. The second kappa shape index (κ2) is 4.18. The Hall–Kier alpha value is 0.225. The van der Waals surface area contributed by atoms with Crippen LogP contribution in [0.1, 0.15) is 0 Å². The van der Waals surface area contributed by atoms with Crippen molar-refractivity contribution in [2.24, 2.45) is 0 Å². The van der Waals surface area contributed by atoms with Gasteiger partial charge in [-0.05, 0) is 6.32 Å². The number of hydrogen-bond donors (Lipinski definition) is 2. The lowest BCUT2D eigenvalue weighted by Gasteiger charge is -1.97. The number of hydrogen-bond acceptors (Lipinski definition) is 4. The van der Waals surface area contributed by atoms with E-state index < -0.39 is 22.2 Å². The Bertz CT molecular complexity index is 177. The van der Waals surface area contributed by atoms with Gasteiger partial charge in [0, 0.05) is 5.75 Å². The number of sulfone groups is 1. The normalized spacial score (nSPS) is 11.5. The van der Waals surface area contributed by atoms with Crippen LogP contribution in [-0.4, -0.2) is 36.5 Å². The topological polar surface area (TPSA) is 74.6 Å². The van der Waals surface area contributed by atoms with E-state index in [1.807, 2.05) is 0 Å². The standard InChI is InChI=1S/C3H8BClO4S/c5-3-10(8,9)2-1-4(6)7/h6-7H,1-3H2. The molecule has 2 N–H and O–H groups in total. The van der Waals surface area contributed by atoms with E-state index in [2.05, 4.69) is 0 Å². The first-order valence-electron chi connectivity index (χ1n) is 2.60. The van der Waals surface area contributed by atoms with Gasteiger partial charge in [-0.1, -0.05) is 0 Å². The molecular weight excluding hydrogens is 178 g/mol. The van der Waals surface area contributed by atoms with Gasteiger partial charge in [-0.15, -0.1) is 11.6 Å². The fourth-order valence-corrected chi connectivity index (χ4v) is 1.35. The summed E-state index contributed by atoms with van der Waals surface area (Å²) in [6.07, 6.45) is -0.185. The summed E-state index contributed by atoms with van der Waals surface area (Å²) >= 11 is 5.03. The Balaban J connectivity index is 3.70. The van der Waals surface area contributed by atoms with Gasteiger partial charge in [0.2, 0.25) is 0 Å². The van der Waals surface area contributed by atoms with Crippen LogP contribution in [0.5, 0.6) is 0 Å². The smallest absolute Gasteiger partial charge is 0.427 e. The molecule has 0 aliphatic rings. The largest absolute Gasteiger partial charge is 0.452 e. The van der Waals surface area contributed by atoms with Crippen molar-refractivity contribution in [2.75, 3.05) is 11.0 Å². The zero-order chi connectivity index (χ0) is 8.20. The summed E-state index contributed by atoms with van der Waals surface area (Å²) in [5.41, 5.74) is 0. The van der Waals surface area contributed by atoms with E-state index in [9.17, 15) is 8.42 Å². The summed E-state index contributed by atoms with van der Waals surface area (Å²) in [6.45, 7) is 0. The van der Waals surface area contributed by atoms with Gasteiger partial charge < -0.3 is 10.0 Å². The van der Waals surface area contributed by atoms with Gasteiger partial charge >= 0.3 is 7.12 Å². The summed E-state index contributed by atoms with van der Waals surface area (Å²) in [5, 5.41) is 16.0. The first-order chi connectivity index (χ1) is 4.48. The molecule has 0 aromatic heterocycles. The van der Waals surface area contributed by atoms with Gasteiger partial charge in [-0.25, -0.2) is 8.42 Å². The van der Waals surface area contributed by atoms with Gasteiger partial charge in [0.05, 0.1) is 0 Å². The lowest BCUT2D eigenvalue weighted by molar-refractivity contribution is 0.408. The third-order valence-electron chi connectivity index (χ3n) is 0.853. The van der Waals surface area contributed by atoms with Gasteiger partial charge in [0.25, 0.3) is 0 Å². The fourth-order valence-electron chi connectivity index (χ4n) is 0.340. The molecule has 0 aromatic carbocycles. The predicted molar refractivity (Wildman–Crippen MR) is 39.5 cm³/mol. The van der Waals surface area contributed by atoms with Crippen LogP contribution in [0.3, 0.4) is 0 Å². The van der Waals surface area contributed by atoms with Crippen molar-refractivity contribution in [3.63, 3.8) is 0 Å². The summed E-state index contributed by atoms with van der Waals surface area (Å²) in [4.78, 5) is 0. The molecule has 4 nitrogen and oxygen atoms in total. The molecule has 0 heterocycles. The SMILES string of the molecule is O=S(=O)(CCl)CCB(O)O. The van der Waals surface area contributed by atoms with Crippen molar-refractivity contribution in [2.45, 2.75) is 6.32 Å². The van der Waals surface area contributed by atoms with E-state index in [4.69, 9.17) is 21.6 Å². The van der Waals surface area contributed by atoms with E-state index in [-0.39, 0.29) is 12.1 Å². The highest BCUT2D eigenvalue weighted by atomic mass is 35.5. The van der Waals surface area contributed by atoms with Crippen molar-refractivity contribution >= 4 is 28.6 Å². The molecule has 0 amide bonds. The van der Waals surface area contributed by atoms with Gasteiger partial charge in [-0.3, -0.25) is 0 Å². The molecule has 0 radical (unpaired) electrons. The molecule has 60 valence electrons. The van der Waals surface area contributed by atoms with Crippen LogP contribution in [0.15, 0.2) is 0 Å². The maximum Gasteiger partial charge on any atom is 0.452 e. The Morgan fingerprint density at radius 2 is 1.90 bits per heavy atom. The first-order valence-corrected chi connectivity index (χ1v) is 4.96. The highest BCUT2D eigenvalue weighted by Gasteiger charge is 2.14. The molecule has 0 fully saturated rings. The van der Waals surface area contributed by atoms with E-state index in [0.717, 1.165) is 0 Å². The Morgan fingerprint density at radius 1 is 1.40 bits per heavy atom. The number of halogens is 1.